The van der Waals surface area contributed by atoms with E-state index in [1.807, 2.05) is 48.5 Å². The van der Waals surface area contributed by atoms with Gasteiger partial charge in [-0.2, -0.15) is 13.2 Å². The van der Waals surface area contributed by atoms with Crippen molar-refractivity contribution in [2.45, 2.75) is 64.1 Å². The minimum atomic E-state index is -4.36. The molecule has 0 radical (unpaired) electrons. The quantitative estimate of drug-likeness (QED) is 0.252. The molecule has 3 aromatic carbocycles. The Morgan fingerprint density at radius 2 is 1.53 bits per heavy atom. The first-order valence-electron chi connectivity index (χ1n) is 12.7. The van der Waals surface area contributed by atoms with Crippen molar-refractivity contribution >= 4 is 5.91 Å². The molecule has 36 heavy (non-hydrogen) atoms. The number of halogens is 3. The first kappa shape index (κ1) is 27.5. The van der Waals surface area contributed by atoms with E-state index in [0.717, 1.165) is 41.7 Å². The summed E-state index contributed by atoms with van der Waals surface area (Å²) < 4.78 is 38.3. The van der Waals surface area contributed by atoms with Crippen molar-refractivity contribution in [3.63, 3.8) is 0 Å². The minimum Gasteiger partial charge on any atom is -0.352 e. The summed E-state index contributed by atoms with van der Waals surface area (Å²) >= 11 is 0. The molecule has 0 spiro atoms. The van der Waals surface area contributed by atoms with Crippen LogP contribution in [0.15, 0.2) is 72.8 Å². The summed E-state index contributed by atoms with van der Waals surface area (Å²) in [7, 11) is 0. The lowest BCUT2D eigenvalue weighted by Gasteiger charge is -2.14. The first-order valence-corrected chi connectivity index (χ1v) is 12.7. The molecule has 3 N–H and O–H groups in total. The van der Waals surface area contributed by atoms with Gasteiger partial charge >= 0.3 is 6.18 Å². The van der Waals surface area contributed by atoms with Crippen molar-refractivity contribution in [2.75, 3.05) is 6.54 Å². The second kappa shape index (κ2) is 13.3. The highest BCUT2D eigenvalue weighted by atomic mass is 19.4. The SMILES string of the molecule is CCCCCCCCNC(=O)c1cccc(-c2ccc(CC(N)c3ccc(C(F)(F)F)cc3)cc2)c1. The zero-order valence-electron chi connectivity index (χ0n) is 20.8. The molecule has 3 nitrogen and oxygen atoms in total. The smallest absolute Gasteiger partial charge is 0.352 e. The molecule has 1 unspecified atom stereocenters. The van der Waals surface area contributed by atoms with Gasteiger partial charge in [0.25, 0.3) is 5.91 Å². The van der Waals surface area contributed by atoms with Crippen LogP contribution in [0.5, 0.6) is 0 Å². The van der Waals surface area contributed by atoms with E-state index >= 15 is 0 Å². The highest BCUT2D eigenvalue weighted by molar-refractivity contribution is 5.95. The van der Waals surface area contributed by atoms with E-state index in [1.165, 1.54) is 37.8 Å². The van der Waals surface area contributed by atoms with E-state index in [2.05, 4.69) is 12.2 Å². The maximum Gasteiger partial charge on any atom is 0.416 e. The highest BCUT2D eigenvalue weighted by Crippen LogP contribution is 2.30. The van der Waals surface area contributed by atoms with Gasteiger partial charge in [-0.1, -0.05) is 87.6 Å². The molecule has 0 heterocycles. The fraction of sp³-hybridized carbons (Fsp3) is 0.367. The van der Waals surface area contributed by atoms with Gasteiger partial charge in [0.05, 0.1) is 5.56 Å². The topological polar surface area (TPSA) is 55.1 Å². The lowest BCUT2D eigenvalue weighted by Crippen LogP contribution is -2.24. The molecule has 0 bridgehead atoms. The fourth-order valence-electron chi connectivity index (χ4n) is 4.17. The monoisotopic (exact) mass is 496 g/mol. The summed E-state index contributed by atoms with van der Waals surface area (Å²) in [6, 6.07) is 20.0. The van der Waals surface area contributed by atoms with Gasteiger partial charge in [-0.3, -0.25) is 4.79 Å². The van der Waals surface area contributed by atoms with Gasteiger partial charge in [-0.15, -0.1) is 0 Å². The second-order valence-electron chi connectivity index (χ2n) is 9.23. The average molecular weight is 497 g/mol. The lowest BCUT2D eigenvalue weighted by molar-refractivity contribution is -0.137. The predicted molar refractivity (Wildman–Crippen MR) is 140 cm³/mol. The summed E-state index contributed by atoms with van der Waals surface area (Å²) in [5, 5.41) is 3.01. The summed E-state index contributed by atoms with van der Waals surface area (Å²) in [6.45, 7) is 2.88. The molecule has 0 saturated heterocycles. The molecular weight excluding hydrogens is 461 g/mol. The van der Waals surface area contributed by atoms with Gasteiger partial charge in [0.15, 0.2) is 0 Å². The number of nitrogens with two attached hydrogens (primary N) is 1. The second-order valence-corrected chi connectivity index (χ2v) is 9.23. The van der Waals surface area contributed by atoms with E-state index in [1.54, 1.807) is 0 Å². The van der Waals surface area contributed by atoms with Crippen LogP contribution in [0.2, 0.25) is 0 Å². The molecular formula is C30H35F3N2O. The van der Waals surface area contributed by atoms with Crippen LogP contribution in [0.1, 0.15) is 78.5 Å². The predicted octanol–water partition coefficient (Wildman–Crippen LogP) is 7.71. The molecule has 0 aromatic heterocycles. The van der Waals surface area contributed by atoms with Gasteiger partial charge in [0, 0.05) is 18.2 Å². The van der Waals surface area contributed by atoms with Gasteiger partial charge in [0.1, 0.15) is 0 Å². The molecule has 0 aliphatic heterocycles. The van der Waals surface area contributed by atoms with Gasteiger partial charge < -0.3 is 11.1 Å². The molecule has 192 valence electrons. The van der Waals surface area contributed by atoms with Crippen molar-refractivity contribution in [3.8, 4) is 11.1 Å². The molecule has 6 heteroatoms. The van der Waals surface area contributed by atoms with Crippen molar-refractivity contribution in [3.05, 3.63) is 95.1 Å². The largest absolute Gasteiger partial charge is 0.416 e. The number of hydrogen-bond donors (Lipinski definition) is 2. The third-order valence-corrected chi connectivity index (χ3v) is 6.35. The molecule has 0 aliphatic carbocycles. The molecule has 1 amide bonds. The Morgan fingerprint density at radius 3 is 2.19 bits per heavy atom. The molecule has 3 rings (SSSR count). The third kappa shape index (κ3) is 8.23. The first-order chi connectivity index (χ1) is 17.3. The summed E-state index contributed by atoms with van der Waals surface area (Å²) in [5.74, 6) is -0.0652. The zero-order valence-corrected chi connectivity index (χ0v) is 20.8. The Bertz CT molecular complexity index is 1090. The Kier molecular flexibility index (Phi) is 10.1. The molecule has 3 aromatic rings. The number of unbranched alkanes of at least 4 members (excludes halogenated alkanes) is 5. The summed E-state index contributed by atoms with van der Waals surface area (Å²) in [4.78, 5) is 12.6. The van der Waals surface area contributed by atoms with E-state index < -0.39 is 17.8 Å². The summed E-state index contributed by atoms with van der Waals surface area (Å²) in [6.07, 6.45) is 3.24. The standard InChI is InChI=1S/C30H35F3N2O/c1-2-3-4-5-6-7-19-35-29(36)26-10-8-9-25(21-26)23-13-11-22(12-14-23)20-28(34)24-15-17-27(18-16-24)30(31,32)33/h8-18,21,28H,2-7,19-20,34H2,1H3,(H,35,36). The average Bonchev–Trinajstić information content (AvgIpc) is 2.88. The molecule has 1 atom stereocenters. The van der Waals surface area contributed by atoms with Crippen molar-refractivity contribution < 1.29 is 18.0 Å². The maximum absolute atomic E-state index is 12.8. The van der Waals surface area contributed by atoms with E-state index in [-0.39, 0.29) is 5.91 Å². The minimum absolute atomic E-state index is 0.0652. The fourth-order valence-corrected chi connectivity index (χ4v) is 4.17. The van der Waals surface area contributed by atoms with E-state index in [4.69, 9.17) is 5.73 Å². The normalized spacial score (nSPS) is 12.4. The van der Waals surface area contributed by atoms with Crippen molar-refractivity contribution in [1.82, 2.24) is 5.32 Å². The zero-order chi connectivity index (χ0) is 26.0. The van der Waals surface area contributed by atoms with Crippen molar-refractivity contribution in [2.24, 2.45) is 5.73 Å². The Morgan fingerprint density at radius 1 is 0.861 bits per heavy atom. The number of hydrogen-bond acceptors (Lipinski definition) is 2. The number of benzene rings is 3. The van der Waals surface area contributed by atoms with E-state index in [9.17, 15) is 18.0 Å². The Balaban J connectivity index is 1.55. The van der Waals surface area contributed by atoms with Crippen molar-refractivity contribution in [1.29, 1.82) is 0 Å². The number of carbonyl (C=O) groups excluding carboxylic acids is 1. The van der Waals surface area contributed by atoms with Crippen LogP contribution in [-0.2, 0) is 12.6 Å². The number of alkyl halides is 3. The van der Waals surface area contributed by atoms with Crippen LogP contribution in [-0.4, -0.2) is 12.5 Å². The van der Waals surface area contributed by atoms with Gasteiger partial charge in [-0.25, -0.2) is 0 Å². The van der Waals surface area contributed by atoms with Crippen LogP contribution < -0.4 is 11.1 Å². The third-order valence-electron chi connectivity index (χ3n) is 6.35. The van der Waals surface area contributed by atoms with E-state index in [0.29, 0.717) is 24.1 Å². The van der Waals surface area contributed by atoms with Crippen LogP contribution in [0, 0.1) is 0 Å². The van der Waals surface area contributed by atoms with Crippen LogP contribution in [0.25, 0.3) is 11.1 Å². The highest BCUT2D eigenvalue weighted by Gasteiger charge is 2.30. The van der Waals surface area contributed by atoms with Crippen LogP contribution in [0.4, 0.5) is 13.2 Å². The summed E-state index contributed by atoms with van der Waals surface area (Å²) in [5.41, 5.74) is 9.76. The number of carbonyl (C=O) groups is 1. The molecule has 0 aliphatic rings. The number of nitrogens with one attached hydrogen (secondary N) is 1. The Hall–Kier alpha value is -3.12. The maximum atomic E-state index is 12.8. The van der Waals surface area contributed by atoms with Gasteiger partial charge in [-0.05, 0) is 59.4 Å². The number of amides is 1. The lowest BCUT2D eigenvalue weighted by atomic mass is 9.96. The Labute approximate surface area is 211 Å². The molecule has 0 saturated carbocycles. The number of rotatable bonds is 12. The molecule has 0 fully saturated rings. The van der Waals surface area contributed by atoms with Crippen LogP contribution >= 0.6 is 0 Å². The van der Waals surface area contributed by atoms with Gasteiger partial charge in [0.2, 0.25) is 0 Å². The van der Waals surface area contributed by atoms with Crippen LogP contribution in [0.3, 0.4) is 0 Å².